The third-order valence-corrected chi connectivity index (χ3v) is 10.4. The van der Waals surface area contributed by atoms with Crippen molar-refractivity contribution in [2.24, 2.45) is 0 Å². The molecule has 0 saturated heterocycles. The summed E-state index contributed by atoms with van der Waals surface area (Å²) in [4.78, 5) is 24.3. The van der Waals surface area contributed by atoms with Crippen molar-refractivity contribution in [3.63, 3.8) is 0 Å². The van der Waals surface area contributed by atoms with Crippen LogP contribution in [0.15, 0.2) is 0 Å². The van der Waals surface area contributed by atoms with Gasteiger partial charge in [-0.1, -0.05) is 232 Å². The van der Waals surface area contributed by atoms with E-state index in [0.29, 0.717) is 12.8 Å². The van der Waals surface area contributed by atoms with E-state index in [-0.39, 0.29) is 25.2 Å². The van der Waals surface area contributed by atoms with Crippen LogP contribution in [0.5, 0.6) is 0 Å². The minimum absolute atomic E-state index is 0.0564. The lowest BCUT2D eigenvalue weighted by Gasteiger charge is -2.15. The van der Waals surface area contributed by atoms with E-state index in [1.807, 2.05) is 0 Å². The van der Waals surface area contributed by atoms with Crippen LogP contribution in [-0.4, -0.2) is 36.4 Å². The summed E-state index contributed by atoms with van der Waals surface area (Å²) in [5.74, 6) is -0.571. The predicted octanol–water partition coefficient (Wildman–Crippen LogP) is 14.3. The zero-order valence-corrected chi connectivity index (χ0v) is 33.9. The molecule has 5 nitrogen and oxygen atoms in total. The topological polar surface area (TPSA) is 72.8 Å². The van der Waals surface area contributed by atoms with Gasteiger partial charge in [0.25, 0.3) is 0 Å². The molecule has 1 unspecified atom stereocenters. The van der Waals surface area contributed by atoms with E-state index in [1.165, 1.54) is 199 Å². The summed E-state index contributed by atoms with van der Waals surface area (Å²) >= 11 is 0. The van der Waals surface area contributed by atoms with Gasteiger partial charge in [-0.05, 0) is 12.8 Å². The van der Waals surface area contributed by atoms with Crippen LogP contribution in [0.25, 0.3) is 0 Å². The fourth-order valence-corrected chi connectivity index (χ4v) is 6.97. The van der Waals surface area contributed by atoms with Gasteiger partial charge in [0.1, 0.15) is 6.61 Å². The van der Waals surface area contributed by atoms with Crippen LogP contribution >= 0.6 is 0 Å². The highest BCUT2D eigenvalue weighted by atomic mass is 16.6. The predicted molar refractivity (Wildman–Crippen MR) is 215 cm³/mol. The van der Waals surface area contributed by atoms with Crippen molar-refractivity contribution in [3.05, 3.63) is 0 Å². The van der Waals surface area contributed by atoms with Crippen LogP contribution in [0.3, 0.4) is 0 Å². The van der Waals surface area contributed by atoms with Gasteiger partial charge in [-0.25, -0.2) is 0 Å². The Morgan fingerprint density at radius 1 is 0.380 bits per heavy atom. The molecule has 1 N–H and O–H groups in total. The number of aliphatic hydroxyl groups is 1. The first-order valence-electron chi connectivity index (χ1n) is 22.6. The molecule has 0 aliphatic heterocycles. The molecule has 0 rings (SSSR count). The Morgan fingerprint density at radius 2 is 0.620 bits per heavy atom. The number of hydrogen-bond donors (Lipinski definition) is 1. The van der Waals surface area contributed by atoms with Crippen LogP contribution in [0, 0.1) is 0 Å². The molecule has 50 heavy (non-hydrogen) atoms. The molecule has 0 aliphatic rings. The van der Waals surface area contributed by atoms with E-state index >= 15 is 0 Å². The number of carbonyl (C=O) groups excluding carboxylic acids is 2. The van der Waals surface area contributed by atoms with E-state index in [4.69, 9.17) is 9.47 Å². The molecule has 0 fully saturated rings. The number of hydrogen-bond acceptors (Lipinski definition) is 5. The zero-order valence-electron chi connectivity index (χ0n) is 33.9. The summed E-state index contributed by atoms with van der Waals surface area (Å²) < 4.78 is 10.6. The van der Waals surface area contributed by atoms with Crippen molar-refractivity contribution in [2.45, 2.75) is 264 Å². The lowest BCUT2D eigenvalue weighted by atomic mass is 10.0. The van der Waals surface area contributed by atoms with Crippen molar-refractivity contribution in [1.82, 2.24) is 0 Å². The van der Waals surface area contributed by atoms with Crippen molar-refractivity contribution >= 4 is 11.9 Å². The Hall–Kier alpha value is -1.10. The van der Waals surface area contributed by atoms with Crippen LogP contribution < -0.4 is 0 Å². The van der Waals surface area contributed by atoms with Gasteiger partial charge in [0.05, 0.1) is 6.61 Å². The molecule has 0 aromatic carbocycles. The van der Waals surface area contributed by atoms with Gasteiger partial charge in [0.2, 0.25) is 0 Å². The molecule has 0 saturated carbocycles. The third-order valence-electron chi connectivity index (χ3n) is 10.4. The van der Waals surface area contributed by atoms with Gasteiger partial charge in [-0.15, -0.1) is 0 Å². The third kappa shape index (κ3) is 39.7. The molecule has 0 spiro atoms. The molecule has 1 atom stereocenters. The summed E-state index contributed by atoms with van der Waals surface area (Å²) in [7, 11) is 0. The van der Waals surface area contributed by atoms with Crippen LogP contribution in [0.1, 0.15) is 258 Å². The van der Waals surface area contributed by atoms with Gasteiger partial charge < -0.3 is 14.6 Å². The Balaban J connectivity index is 3.44. The van der Waals surface area contributed by atoms with E-state index < -0.39 is 6.10 Å². The van der Waals surface area contributed by atoms with E-state index in [1.54, 1.807) is 0 Å². The highest BCUT2D eigenvalue weighted by Crippen LogP contribution is 2.17. The number of carbonyl (C=O) groups is 2. The van der Waals surface area contributed by atoms with E-state index in [9.17, 15) is 14.7 Å². The molecule has 0 radical (unpaired) electrons. The van der Waals surface area contributed by atoms with Crippen molar-refractivity contribution in [3.8, 4) is 0 Å². The Labute approximate surface area is 312 Å². The number of aliphatic hydroxyl groups excluding tert-OH is 1. The van der Waals surface area contributed by atoms with Gasteiger partial charge in [-0.3, -0.25) is 9.59 Å². The van der Waals surface area contributed by atoms with Crippen molar-refractivity contribution < 1.29 is 24.2 Å². The zero-order chi connectivity index (χ0) is 36.4. The molecule has 0 heterocycles. The van der Waals surface area contributed by atoms with E-state index in [2.05, 4.69) is 13.8 Å². The number of unbranched alkanes of at least 4 members (excludes halogenated alkanes) is 34. The Bertz CT molecular complexity index is 680. The van der Waals surface area contributed by atoms with Crippen LogP contribution in [0.2, 0.25) is 0 Å². The average Bonchev–Trinajstić information content (AvgIpc) is 3.12. The largest absolute Gasteiger partial charge is 0.462 e. The summed E-state index contributed by atoms with van der Waals surface area (Å²) in [6, 6.07) is 0. The Kier molecular flexibility index (Phi) is 41.4. The first-order chi connectivity index (χ1) is 24.6. The number of esters is 2. The Morgan fingerprint density at radius 3 is 0.880 bits per heavy atom. The molecule has 0 amide bonds. The minimum atomic E-state index is -0.762. The maximum atomic E-state index is 12.2. The maximum absolute atomic E-state index is 12.2. The number of rotatable bonds is 42. The number of ether oxygens (including phenoxy) is 2. The van der Waals surface area contributed by atoms with Gasteiger partial charge in [0.15, 0.2) is 6.10 Å². The monoisotopic (exact) mass is 709 g/mol. The fourth-order valence-electron chi connectivity index (χ4n) is 6.97. The summed E-state index contributed by atoms with van der Waals surface area (Å²) in [5, 5.41) is 9.58. The van der Waals surface area contributed by atoms with Crippen LogP contribution in [-0.2, 0) is 19.1 Å². The van der Waals surface area contributed by atoms with Crippen molar-refractivity contribution in [2.75, 3.05) is 13.2 Å². The second-order valence-corrected chi connectivity index (χ2v) is 15.5. The van der Waals surface area contributed by atoms with Crippen LogP contribution in [0.4, 0.5) is 0 Å². The van der Waals surface area contributed by atoms with Crippen molar-refractivity contribution in [1.29, 1.82) is 0 Å². The molecular formula is C45H88O5. The quantitative estimate of drug-likeness (QED) is 0.0505. The maximum Gasteiger partial charge on any atom is 0.306 e. The smallest absolute Gasteiger partial charge is 0.306 e. The fraction of sp³-hybridized carbons (Fsp3) is 0.956. The standard InChI is InChI=1S/C45H88O5/c1-3-5-7-9-11-13-15-17-19-20-21-22-23-24-26-28-30-32-34-36-38-40-45(48)50-43(41-46)42-49-44(47)39-37-35-33-31-29-27-25-18-16-14-12-10-8-6-4-2/h43,46H,3-42H2,1-2H3. The van der Waals surface area contributed by atoms with Gasteiger partial charge >= 0.3 is 11.9 Å². The molecule has 0 aromatic heterocycles. The average molecular weight is 709 g/mol. The summed E-state index contributed by atoms with van der Waals surface area (Å²) in [6.07, 6.45) is 47.5. The second-order valence-electron chi connectivity index (χ2n) is 15.5. The summed E-state index contributed by atoms with van der Waals surface area (Å²) in [5.41, 5.74) is 0. The summed E-state index contributed by atoms with van der Waals surface area (Å²) in [6.45, 7) is 4.18. The SMILES string of the molecule is CCCCCCCCCCCCCCCCCCCCCCCC(=O)OC(CO)COC(=O)CCCCCCCCCCCCCCCCC. The lowest BCUT2D eigenvalue weighted by molar-refractivity contribution is -0.161. The second kappa shape index (κ2) is 42.3. The normalized spacial score (nSPS) is 12.0. The first kappa shape index (κ1) is 48.9. The molecule has 5 heteroatoms. The molecular weight excluding hydrogens is 620 g/mol. The van der Waals surface area contributed by atoms with Gasteiger partial charge in [-0.2, -0.15) is 0 Å². The molecule has 0 aromatic rings. The highest BCUT2D eigenvalue weighted by molar-refractivity contribution is 5.70. The highest BCUT2D eigenvalue weighted by Gasteiger charge is 2.16. The minimum Gasteiger partial charge on any atom is -0.462 e. The lowest BCUT2D eigenvalue weighted by Crippen LogP contribution is -2.28. The molecule has 298 valence electrons. The molecule has 0 aliphatic carbocycles. The first-order valence-corrected chi connectivity index (χ1v) is 22.6. The molecule has 0 bridgehead atoms. The van der Waals surface area contributed by atoms with Gasteiger partial charge in [0, 0.05) is 12.8 Å². The van der Waals surface area contributed by atoms with E-state index in [0.717, 1.165) is 32.1 Å².